The number of carbonyl (C=O) groups excluding carboxylic acids is 2. The molecule has 0 atom stereocenters. The summed E-state index contributed by atoms with van der Waals surface area (Å²) in [6, 6.07) is 0. The largest absolute Gasteiger partial charge is 0.427 e. The summed E-state index contributed by atoms with van der Waals surface area (Å²) in [5.41, 5.74) is 2.88. The van der Waals surface area contributed by atoms with E-state index in [0.29, 0.717) is 12.0 Å². The molecule has 0 radical (unpaired) electrons. The first-order valence-corrected chi connectivity index (χ1v) is 5.72. The van der Waals surface area contributed by atoms with E-state index in [9.17, 15) is 9.59 Å². The summed E-state index contributed by atoms with van der Waals surface area (Å²) >= 11 is 0. The maximum Gasteiger partial charge on any atom is 0.308 e. The summed E-state index contributed by atoms with van der Waals surface area (Å²) in [5, 5.41) is 0. The number of carbonyl (C=O) groups is 2. The van der Waals surface area contributed by atoms with Crippen LogP contribution in [0.4, 0.5) is 0 Å². The van der Waals surface area contributed by atoms with Crippen molar-refractivity contribution < 1.29 is 14.3 Å². The van der Waals surface area contributed by atoms with Crippen LogP contribution in [0.25, 0.3) is 0 Å². The highest BCUT2D eigenvalue weighted by Gasteiger charge is 2.31. The van der Waals surface area contributed by atoms with Crippen molar-refractivity contribution in [3.05, 3.63) is 58.9 Å². The molecule has 0 aromatic carbocycles. The molecule has 0 amide bonds. The Balaban J connectivity index is 2.39. The highest BCUT2D eigenvalue weighted by atomic mass is 16.5. The average Bonchev–Trinajstić information content (AvgIpc) is 2.47. The summed E-state index contributed by atoms with van der Waals surface area (Å²) in [4.78, 5) is 23.2. The molecular formula is C15H14O3. The lowest BCUT2D eigenvalue weighted by Crippen LogP contribution is -2.08. The molecule has 0 saturated heterocycles. The Bertz CT molecular complexity index is 569. The molecule has 92 valence electrons. The first-order chi connectivity index (χ1) is 8.52. The molecule has 3 heteroatoms. The lowest BCUT2D eigenvalue weighted by atomic mass is 10.0. The minimum Gasteiger partial charge on any atom is -0.427 e. The number of ether oxygens (including phenoxy) is 1. The van der Waals surface area contributed by atoms with Gasteiger partial charge in [-0.3, -0.25) is 9.59 Å². The number of hydrogen-bond donors (Lipinski definition) is 0. The molecule has 0 N–H and O–H groups in total. The molecule has 0 heterocycles. The fourth-order valence-corrected chi connectivity index (χ4v) is 2.21. The van der Waals surface area contributed by atoms with Gasteiger partial charge in [-0.15, -0.1) is 0 Å². The van der Waals surface area contributed by atoms with E-state index in [-0.39, 0.29) is 11.5 Å². The monoisotopic (exact) mass is 242 g/mol. The smallest absolute Gasteiger partial charge is 0.308 e. The zero-order chi connectivity index (χ0) is 13.3. The highest BCUT2D eigenvalue weighted by Crippen LogP contribution is 2.36. The topological polar surface area (TPSA) is 43.4 Å². The molecule has 2 aliphatic rings. The van der Waals surface area contributed by atoms with Crippen molar-refractivity contribution in [1.29, 1.82) is 0 Å². The van der Waals surface area contributed by atoms with Crippen molar-refractivity contribution in [3.8, 4) is 0 Å². The Hall–Kier alpha value is -2.16. The predicted molar refractivity (Wildman–Crippen MR) is 68.5 cm³/mol. The lowest BCUT2D eigenvalue weighted by Gasteiger charge is -2.07. The van der Waals surface area contributed by atoms with Crippen LogP contribution in [-0.2, 0) is 14.3 Å². The quantitative estimate of drug-likeness (QED) is 0.552. The molecule has 0 unspecified atom stereocenters. The van der Waals surface area contributed by atoms with Gasteiger partial charge in [-0.25, -0.2) is 0 Å². The van der Waals surface area contributed by atoms with Crippen LogP contribution in [0.1, 0.15) is 20.3 Å². The zero-order valence-corrected chi connectivity index (χ0v) is 10.4. The standard InChI is InChI=1S/C15H14O3/c1-9-12-7-5-4-6-8-13(12)15(17)14(9)10(2)18-11(3)16/h4-7H,2,8H2,1,3H3. The Kier molecular flexibility index (Phi) is 3.15. The lowest BCUT2D eigenvalue weighted by molar-refractivity contribution is -0.136. The van der Waals surface area contributed by atoms with E-state index in [1.807, 2.05) is 31.2 Å². The number of rotatable bonds is 2. The maximum atomic E-state index is 12.3. The van der Waals surface area contributed by atoms with Gasteiger partial charge in [0.15, 0.2) is 5.78 Å². The van der Waals surface area contributed by atoms with Crippen molar-refractivity contribution in [3.63, 3.8) is 0 Å². The van der Waals surface area contributed by atoms with Crippen molar-refractivity contribution in [2.24, 2.45) is 0 Å². The molecule has 18 heavy (non-hydrogen) atoms. The third-order valence-electron chi connectivity index (χ3n) is 2.98. The fraction of sp³-hybridized carbons (Fsp3) is 0.200. The molecule has 0 saturated carbocycles. The van der Waals surface area contributed by atoms with Gasteiger partial charge in [0.05, 0.1) is 5.57 Å². The van der Waals surface area contributed by atoms with E-state index in [1.165, 1.54) is 6.92 Å². The highest BCUT2D eigenvalue weighted by molar-refractivity contribution is 6.16. The van der Waals surface area contributed by atoms with E-state index in [0.717, 1.165) is 16.7 Å². The van der Waals surface area contributed by atoms with Gasteiger partial charge in [0.2, 0.25) is 0 Å². The first-order valence-electron chi connectivity index (χ1n) is 5.72. The summed E-state index contributed by atoms with van der Waals surface area (Å²) in [7, 11) is 0. The van der Waals surface area contributed by atoms with Crippen LogP contribution >= 0.6 is 0 Å². The first kappa shape index (κ1) is 12.3. The second-order valence-electron chi connectivity index (χ2n) is 4.23. The predicted octanol–water partition coefficient (Wildman–Crippen LogP) is 2.78. The van der Waals surface area contributed by atoms with Crippen molar-refractivity contribution >= 4 is 11.8 Å². The van der Waals surface area contributed by atoms with E-state index in [2.05, 4.69) is 6.58 Å². The van der Waals surface area contributed by atoms with Gasteiger partial charge >= 0.3 is 5.97 Å². The second kappa shape index (κ2) is 4.61. The molecule has 0 aromatic rings. The molecule has 0 fully saturated rings. The van der Waals surface area contributed by atoms with Crippen molar-refractivity contribution in [1.82, 2.24) is 0 Å². The van der Waals surface area contributed by atoms with Crippen LogP contribution in [0.3, 0.4) is 0 Å². The molecule has 3 nitrogen and oxygen atoms in total. The summed E-state index contributed by atoms with van der Waals surface area (Å²) in [5.74, 6) is -0.425. The number of ketones is 1. The van der Waals surface area contributed by atoms with E-state index in [4.69, 9.17) is 4.74 Å². The number of allylic oxidation sites excluding steroid dienone is 8. The Morgan fingerprint density at radius 3 is 2.78 bits per heavy atom. The van der Waals surface area contributed by atoms with Crippen LogP contribution in [0, 0.1) is 0 Å². The fourth-order valence-electron chi connectivity index (χ4n) is 2.21. The minimum atomic E-state index is -0.467. The van der Waals surface area contributed by atoms with Crippen LogP contribution in [0.5, 0.6) is 0 Å². The van der Waals surface area contributed by atoms with Gasteiger partial charge in [-0.05, 0) is 24.5 Å². The number of hydrogen-bond acceptors (Lipinski definition) is 3. The third-order valence-corrected chi connectivity index (χ3v) is 2.98. The Labute approximate surface area is 106 Å². The normalized spacial score (nSPS) is 18.0. The maximum absolute atomic E-state index is 12.3. The van der Waals surface area contributed by atoms with Gasteiger partial charge in [-0.1, -0.05) is 30.9 Å². The SMILES string of the molecule is C=C(OC(C)=O)C1=C(C)C2=C(CC=CC=C2)C1=O. The van der Waals surface area contributed by atoms with Crippen molar-refractivity contribution in [2.75, 3.05) is 0 Å². The summed E-state index contributed by atoms with van der Waals surface area (Å²) < 4.78 is 4.93. The number of Topliss-reactive ketones (excluding diaryl/α,β-unsaturated/α-hetero) is 1. The van der Waals surface area contributed by atoms with Crippen LogP contribution in [-0.4, -0.2) is 11.8 Å². The van der Waals surface area contributed by atoms with Crippen molar-refractivity contribution in [2.45, 2.75) is 20.3 Å². The molecular weight excluding hydrogens is 228 g/mol. The molecule has 0 bridgehead atoms. The van der Waals surface area contributed by atoms with Gasteiger partial charge in [0, 0.05) is 12.5 Å². The Morgan fingerprint density at radius 2 is 2.11 bits per heavy atom. The van der Waals surface area contributed by atoms with E-state index >= 15 is 0 Å². The van der Waals surface area contributed by atoms with Gasteiger partial charge in [0.25, 0.3) is 0 Å². The van der Waals surface area contributed by atoms with Gasteiger partial charge in [0.1, 0.15) is 5.76 Å². The van der Waals surface area contributed by atoms with Gasteiger partial charge in [-0.2, -0.15) is 0 Å². The average molecular weight is 242 g/mol. The summed E-state index contributed by atoms with van der Waals surface area (Å²) in [6.07, 6.45) is 8.24. The van der Waals surface area contributed by atoms with Crippen LogP contribution in [0.2, 0.25) is 0 Å². The third kappa shape index (κ3) is 1.99. The number of esters is 1. The molecule has 0 aromatic heterocycles. The molecule has 2 aliphatic carbocycles. The minimum absolute atomic E-state index is 0.0926. The molecule has 0 aliphatic heterocycles. The molecule has 0 spiro atoms. The zero-order valence-electron chi connectivity index (χ0n) is 10.4. The Morgan fingerprint density at radius 1 is 1.39 bits per heavy atom. The summed E-state index contributed by atoms with van der Waals surface area (Å²) in [6.45, 7) is 6.81. The van der Waals surface area contributed by atoms with Gasteiger partial charge < -0.3 is 4.74 Å². The molecule has 2 rings (SSSR count). The van der Waals surface area contributed by atoms with E-state index in [1.54, 1.807) is 0 Å². The van der Waals surface area contributed by atoms with Crippen LogP contribution < -0.4 is 0 Å². The van der Waals surface area contributed by atoms with Crippen LogP contribution in [0.15, 0.2) is 58.9 Å². The second-order valence-corrected chi connectivity index (χ2v) is 4.23. The van der Waals surface area contributed by atoms with E-state index < -0.39 is 5.97 Å².